The van der Waals surface area contributed by atoms with E-state index in [-0.39, 0.29) is 0 Å². The number of amides is 6. The second kappa shape index (κ2) is 45.6. The van der Waals surface area contributed by atoms with Gasteiger partial charge in [0.2, 0.25) is 35.4 Å². The monoisotopic (exact) mass is 1880 g/mol. The van der Waals surface area contributed by atoms with Crippen LogP contribution in [0.1, 0.15) is 61.3 Å². The van der Waals surface area contributed by atoms with Crippen molar-refractivity contribution in [3.05, 3.63) is 0 Å². The number of carbonyl (C=O) groups is 8. The van der Waals surface area contributed by atoms with Gasteiger partial charge in [0.25, 0.3) is 11.6 Å². The molecule has 47 atom stereocenters. The molecule has 9 heterocycles. The Hall–Kier alpha value is -5.88. The Labute approximate surface area is 730 Å². The predicted molar refractivity (Wildman–Crippen MR) is 400 cm³/mol. The molecule has 57 nitrogen and oxygen atoms in total. The molecular weight excluding hydrogens is 1760 g/mol. The third kappa shape index (κ3) is 24.1. The van der Waals surface area contributed by atoms with Gasteiger partial charge < -0.3 is 245 Å². The molecule has 9 saturated heterocycles. The van der Waals surface area contributed by atoms with Crippen LogP contribution in [0.4, 0.5) is 0 Å². The van der Waals surface area contributed by atoms with Gasteiger partial charge in [0, 0.05) is 54.4 Å². The first-order valence-corrected chi connectivity index (χ1v) is 40.7. The molecule has 6 amide bonds. The van der Waals surface area contributed by atoms with Crippen molar-refractivity contribution in [1.29, 1.82) is 0 Å². The second-order valence-electron chi connectivity index (χ2n) is 32.5. The molecule has 9 fully saturated rings. The minimum absolute atomic E-state index is 0.847. The number of aliphatic hydroxyl groups excluding tert-OH is 24. The quantitative estimate of drug-likeness (QED) is 0.0277. The summed E-state index contributed by atoms with van der Waals surface area (Å²) in [7, 11) is 0. The number of carboxylic acid groups (broad SMARTS) is 2. The second-order valence-corrected chi connectivity index (χ2v) is 32.5. The Morgan fingerprint density at radius 3 is 1.07 bits per heavy atom. The molecule has 0 aliphatic carbocycles. The highest BCUT2D eigenvalue weighted by Gasteiger charge is 2.64. The normalized spacial score (nSPS) is 44.9. The summed E-state index contributed by atoms with van der Waals surface area (Å²) < 4.78 is 102. The summed E-state index contributed by atoms with van der Waals surface area (Å²) in [6, 6.07) is -11.6. The largest absolute Gasteiger partial charge is 0.477 e. The van der Waals surface area contributed by atoms with Crippen LogP contribution in [0.2, 0.25) is 0 Å². The first-order chi connectivity index (χ1) is 60.6. The highest BCUT2D eigenvalue weighted by atomic mass is 16.8. The van der Waals surface area contributed by atoms with Gasteiger partial charge in [-0.2, -0.15) is 0 Å². The summed E-state index contributed by atoms with van der Waals surface area (Å²) in [4.78, 5) is 104. The van der Waals surface area contributed by atoms with Crippen LogP contribution in [0, 0.1) is 0 Å². The molecular formula is C72H118N6O51. The maximum absolute atomic E-state index is 13.6. The van der Waals surface area contributed by atoms with Crippen molar-refractivity contribution in [3.8, 4) is 0 Å². The van der Waals surface area contributed by atoms with E-state index in [1.807, 2.05) is 0 Å². The number of ether oxygens (including phenoxy) is 17. The van der Waals surface area contributed by atoms with Crippen LogP contribution in [0.3, 0.4) is 0 Å². The van der Waals surface area contributed by atoms with E-state index in [2.05, 4.69) is 31.9 Å². The first-order valence-electron chi connectivity index (χ1n) is 40.7. The summed E-state index contributed by atoms with van der Waals surface area (Å²) in [5.41, 5.74) is 0. The molecule has 0 saturated carbocycles. The van der Waals surface area contributed by atoms with Crippen molar-refractivity contribution in [3.63, 3.8) is 0 Å². The Kier molecular flexibility index (Phi) is 37.8. The molecule has 0 aromatic heterocycles. The molecule has 0 bridgehead atoms. The lowest BCUT2D eigenvalue weighted by Crippen LogP contribution is -2.72. The van der Waals surface area contributed by atoms with E-state index in [0.717, 1.165) is 41.5 Å². The minimum Gasteiger partial charge on any atom is -0.477 e. The molecule has 9 aliphatic rings. The smallest absolute Gasteiger partial charge is 0.364 e. The Bertz CT molecular complexity index is 3700. The number of carbonyl (C=O) groups excluding carboxylic acids is 6. The fraction of sp³-hybridized carbons (Fsp3) is 0.889. The highest BCUT2D eigenvalue weighted by molar-refractivity contribution is 5.78. The predicted octanol–water partition coefficient (Wildman–Crippen LogP) is -20.3. The van der Waals surface area contributed by atoms with E-state index in [1.165, 1.54) is 6.92 Å². The summed E-state index contributed by atoms with van der Waals surface area (Å²) in [5.74, 6) is -16.5. The van der Waals surface area contributed by atoms with Crippen molar-refractivity contribution in [1.82, 2.24) is 31.9 Å². The summed E-state index contributed by atoms with van der Waals surface area (Å²) in [6.45, 7) is -3.41. The third-order valence-electron chi connectivity index (χ3n) is 23.1. The van der Waals surface area contributed by atoms with E-state index in [9.17, 15) is 171 Å². The van der Waals surface area contributed by atoms with Gasteiger partial charge in [-0.15, -0.1) is 0 Å². The summed E-state index contributed by atoms with van der Waals surface area (Å²) in [5, 5.41) is 306. The third-order valence-corrected chi connectivity index (χ3v) is 23.1. The molecule has 742 valence electrons. The van der Waals surface area contributed by atoms with E-state index in [1.54, 1.807) is 0 Å². The van der Waals surface area contributed by atoms with Crippen molar-refractivity contribution >= 4 is 47.4 Å². The van der Waals surface area contributed by atoms with E-state index < -0.39 is 400 Å². The van der Waals surface area contributed by atoms with Crippen molar-refractivity contribution in [2.45, 2.75) is 348 Å². The number of rotatable bonds is 36. The van der Waals surface area contributed by atoms with Crippen LogP contribution in [0.15, 0.2) is 0 Å². The molecule has 9 aliphatic heterocycles. The number of aliphatic carboxylic acids is 2. The van der Waals surface area contributed by atoms with Crippen molar-refractivity contribution in [2.24, 2.45) is 0 Å². The van der Waals surface area contributed by atoms with Crippen molar-refractivity contribution in [2.75, 3.05) is 52.9 Å². The highest BCUT2D eigenvalue weighted by Crippen LogP contribution is 2.43. The van der Waals surface area contributed by atoms with Gasteiger partial charge in [0.1, 0.15) is 201 Å². The van der Waals surface area contributed by atoms with Gasteiger partial charge in [-0.05, 0) is 6.92 Å². The molecule has 1 unspecified atom stereocenters. The van der Waals surface area contributed by atoms with Gasteiger partial charge in [-0.1, -0.05) is 0 Å². The maximum Gasteiger partial charge on any atom is 0.364 e. The number of aliphatic hydroxyl groups is 24. The zero-order valence-electron chi connectivity index (χ0n) is 69.9. The van der Waals surface area contributed by atoms with E-state index in [0.29, 0.717) is 0 Å². The molecule has 32 N–H and O–H groups in total. The number of hydrogen-bond donors (Lipinski definition) is 32. The SMILES string of the molecule is CC(=O)N[C@H]1[C@H](O[C@H]2[C@@H](O)[C@@H](CO[C@]3(C(=O)O)C[C@H](O)[C@@H](NC(C)=O)[C@H]([C@H](O)[C@H](O)CO)O3)OC(O)[C@@H]2NC(C)=O)O[C@H](CO)[C@@H](O[C@@H]2O[C@H](CO[C@]3(C(=O)O)C[C@H](O)[C@@H](NC(C)=O)[C@H]([C@H](O)[C@H](O)CO)O3)[C@H](O)[C@H](O[C@@H]3O[C@H](CO)[C@@H](O[C@@H]4O[C@H](CO)[C@H](O)[C@H](O[C@H]5O[C@H](CO)[C@H](O)[C@H](O)[C@H]5NC(C)=O)[C@H]4O[C@@H]4O[C@@H](C)[C@@H](O)[C@@H](O)[C@@H]4O)[C@H](O)[C@H]3NC(C)=O)[C@H]2O)[C@@H]1O. The van der Waals surface area contributed by atoms with Gasteiger partial charge in [-0.3, -0.25) is 28.8 Å². The fourth-order valence-corrected chi connectivity index (χ4v) is 16.5. The molecule has 57 heteroatoms. The number of hydrogen-bond acceptors (Lipinski definition) is 49. The van der Waals surface area contributed by atoms with Crippen LogP contribution in [0.5, 0.6) is 0 Å². The Morgan fingerprint density at radius 1 is 0.326 bits per heavy atom. The van der Waals surface area contributed by atoms with Crippen LogP contribution in [-0.4, -0.2) is 520 Å². The zero-order valence-corrected chi connectivity index (χ0v) is 69.9. The van der Waals surface area contributed by atoms with E-state index >= 15 is 0 Å². The molecule has 0 spiro atoms. The van der Waals surface area contributed by atoms with Crippen molar-refractivity contribution < 1.29 is 252 Å². The molecule has 9 rings (SSSR count). The molecule has 129 heavy (non-hydrogen) atoms. The lowest BCUT2D eigenvalue weighted by molar-refractivity contribution is -0.402. The number of nitrogens with one attached hydrogen (secondary N) is 6. The Morgan fingerprint density at radius 2 is 0.651 bits per heavy atom. The fourth-order valence-electron chi connectivity index (χ4n) is 16.5. The molecule has 0 aromatic carbocycles. The van der Waals surface area contributed by atoms with Gasteiger partial charge >= 0.3 is 11.9 Å². The van der Waals surface area contributed by atoms with Crippen LogP contribution >= 0.6 is 0 Å². The van der Waals surface area contributed by atoms with Crippen LogP contribution in [0.25, 0.3) is 0 Å². The summed E-state index contributed by atoms with van der Waals surface area (Å²) in [6.07, 6.45) is -88.5. The van der Waals surface area contributed by atoms with Crippen LogP contribution in [-0.2, 0) is 119 Å². The van der Waals surface area contributed by atoms with E-state index in [4.69, 9.17) is 80.5 Å². The molecule has 0 radical (unpaired) electrons. The first kappa shape index (κ1) is 107. The van der Waals surface area contributed by atoms with Gasteiger partial charge in [-0.25, -0.2) is 9.59 Å². The van der Waals surface area contributed by atoms with Crippen LogP contribution < -0.4 is 31.9 Å². The lowest BCUT2D eigenvalue weighted by atomic mass is 9.88. The molecule has 0 aromatic rings. The van der Waals surface area contributed by atoms with Gasteiger partial charge in [0.15, 0.2) is 44.0 Å². The lowest BCUT2D eigenvalue weighted by Gasteiger charge is -2.52. The summed E-state index contributed by atoms with van der Waals surface area (Å²) >= 11 is 0. The zero-order chi connectivity index (χ0) is 95.9. The standard InChI is InChI=1S/C72H118N6O51/c1-18-41(95)51(105)52(106)66(115-18)127-61-60(126-63-37(75-21(4)87)48(102)44(98)29(12-81)117-63)45(99)30(13-82)118-68(61)123-55-32(15-84)120-65(39(50(55)104)77-23(6)89)125-59-47(101)34(17-114-72(70(111)112)9-26(92)36(74-20(3)86)58(129-72)43(97)28(94)11-80)121-67(53(59)107)122-54-31(14-83)119-64(38(49(54)103)76-22(5)88)124-56-40(78-24(7)90)62(108)116-33(46(56)100)16-113-71(69(109)110)8-25(91)35(73-19(2)85)57(128-71)42(96)27(93)10-79/h18,25-68,79-84,91-108H,8-17H2,1-7H3,(H,73,85)(H,74,86)(H,75,87)(H,76,88)(H,77,89)(H,78,90)(H,109,110)(H,111,112)/t18-,25-,26-,27+,28+,29+,30+,31+,32+,33+,34+,35+,36+,37+,38+,39+,40+,41+,42+,43+,44-,45-,46-,47-,48+,49+,50+,51+,52-,53+,54+,55+,56+,57+,58+,59-,60-,61+,62?,63+,64-,65-,66-,67-,68-,71+,72+/m0/s1. The average molecular weight is 1880 g/mol. The average Bonchev–Trinajstić information content (AvgIpc) is 0.764. The number of carboxylic acids is 2. The Balaban J connectivity index is 1.07. The maximum atomic E-state index is 13.6. The topological polar surface area (TPSA) is 892 Å². The van der Waals surface area contributed by atoms with Gasteiger partial charge in [0.05, 0.1) is 83.3 Å². The minimum atomic E-state index is -3.31.